The van der Waals surface area contributed by atoms with Gasteiger partial charge in [-0.25, -0.2) is 0 Å². The minimum absolute atomic E-state index is 0.345. The van der Waals surface area contributed by atoms with E-state index < -0.39 is 6.10 Å². The number of aliphatic hydroxyl groups is 1. The van der Waals surface area contributed by atoms with Crippen molar-refractivity contribution in [1.82, 2.24) is 15.0 Å². The molecule has 2 aromatic rings. The van der Waals surface area contributed by atoms with Gasteiger partial charge in [0.15, 0.2) is 0 Å². The highest BCUT2D eigenvalue weighted by Gasteiger charge is 2.08. The van der Waals surface area contributed by atoms with Crippen LogP contribution in [-0.4, -0.2) is 20.1 Å². The average molecular weight is 233 g/mol. The predicted molar refractivity (Wildman–Crippen MR) is 62.4 cm³/mol. The van der Waals surface area contributed by atoms with Crippen LogP contribution in [0.3, 0.4) is 0 Å². The molecule has 0 bridgehead atoms. The van der Waals surface area contributed by atoms with Crippen molar-refractivity contribution in [2.45, 2.75) is 19.6 Å². The van der Waals surface area contributed by atoms with Gasteiger partial charge >= 0.3 is 0 Å². The fourth-order valence-corrected chi connectivity index (χ4v) is 1.57. The number of ether oxygens (including phenoxy) is 1. The second-order valence-corrected chi connectivity index (χ2v) is 3.89. The van der Waals surface area contributed by atoms with Crippen molar-refractivity contribution in [3.8, 4) is 5.75 Å². The zero-order chi connectivity index (χ0) is 12.3. The Balaban J connectivity index is 2.08. The number of aromatic nitrogens is 3. The van der Waals surface area contributed by atoms with E-state index in [4.69, 9.17) is 4.74 Å². The number of aryl methyl sites for hydroxylation is 1. The van der Waals surface area contributed by atoms with Crippen molar-refractivity contribution in [3.05, 3.63) is 41.7 Å². The van der Waals surface area contributed by atoms with E-state index in [1.54, 1.807) is 24.9 Å². The zero-order valence-corrected chi connectivity index (χ0v) is 9.87. The Bertz CT molecular complexity index is 494. The van der Waals surface area contributed by atoms with Gasteiger partial charge in [-0.05, 0) is 13.0 Å². The molecule has 0 aliphatic rings. The molecule has 1 heterocycles. The van der Waals surface area contributed by atoms with Gasteiger partial charge in [-0.2, -0.15) is 0 Å². The molecule has 0 amide bonds. The molecule has 1 atom stereocenters. The molecular weight excluding hydrogens is 218 g/mol. The summed E-state index contributed by atoms with van der Waals surface area (Å²) in [6.45, 7) is 2.06. The van der Waals surface area contributed by atoms with E-state index in [0.717, 1.165) is 11.3 Å². The predicted octanol–water partition coefficient (Wildman–Crippen LogP) is 1.45. The summed E-state index contributed by atoms with van der Waals surface area (Å²) in [5.74, 6) is 0.674. The summed E-state index contributed by atoms with van der Waals surface area (Å²) in [6, 6.07) is 7.42. The summed E-state index contributed by atoms with van der Waals surface area (Å²) < 4.78 is 7.25. The Labute approximate surface area is 99.7 Å². The van der Waals surface area contributed by atoms with Crippen LogP contribution in [0.4, 0.5) is 0 Å². The van der Waals surface area contributed by atoms with E-state index in [-0.39, 0.29) is 0 Å². The summed E-state index contributed by atoms with van der Waals surface area (Å²) >= 11 is 0. The normalized spacial score (nSPS) is 12.4. The van der Waals surface area contributed by atoms with Crippen molar-refractivity contribution in [2.24, 2.45) is 7.05 Å². The highest BCUT2D eigenvalue weighted by atomic mass is 16.5. The van der Waals surface area contributed by atoms with Crippen LogP contribution in [0.1, 0.15) is 24.3 Å². The standard InChI is InChI=1S/C12H15N3O2/c1-9(16)11-5-3-4-6-12(11)17-8-10-7-15(2)14-13-10/h3-7,9,16H,8H2,1-2H3/t9-/m0/s1. The minimum Gasteiger partial charge on any atom is -0.487 e. The summed E-state index contributed by atoms with van der Waals surface area (Å²) in [5, 5.41) is 17.3. The van der Waals surface area contributed by atoms with E-state index in [9.17, 15) is 5.11 Å². The van der Waals surface area contributed by atoms with Gasteiger partial charge in [-0.1, -0.05) is 23.4 Å². The molecule has 0 saturated carbocycles. The monoisotopic (exact) mass is 233 g/mol. The van der Waals surface area contributed by atoms with Gasteiger partial charge in [0, 0.05) is 12.6 Å². The number of hydrogen-bond acceptors (Lipinski definition) is 4. The van der Waals surface area contributed by atoms with Gasteiger partial charge in [0.2, 0.25) is 0 Å². The highest BCUT2D eigenvalue weighted by Crippen LogP contribution is 2.24. The first-order valence-electron chi connectivity index (χ1n) is 5.42. The lowest BCUT2D eigenvalue weighted by molar-refractivity contribution is 0.190. The third-order valence-corrected chi connectivity index (χ3v) is 2.39. The zero-order valence-electron chi connectivity index (χ0n) is 9.87. The Morgan fingerprint density at radius 1 is 1.41 bits per heavy atom. The number of benzene rings is 1. The molecule has 5 heteroatoms. The fourth-order valence-electron chi connectivity index (χ4n) is 1.57. The molecule has 0 aliphatic carbocycles. The average Bonchev–Trinajstić information content (AvgIpc) is 2.73. The molecule has 0 saturated heterocycles. The fraction of sp³-hybridized carbons (Fsp3) is 0.333. The van der Waals surface area contributed by atoms with Gasteiger partial charge in [0.05, 0.1) is 12.3 Å². The molecule has 17 heavy (non-hydrogen) atoms. The van der Waals surface area contributed by atoms with Gasteiger partial charge in [0.25, 0.3) is 0 Å². The molecular formula is C12H15N3O2. The van der Waals surface area contributed by atoms with Crippen LogP contribution in [0.5, 0.6) is 5.75 Å². The number of hydrogen-bond donors (Lipinski definition) is 1. The molecule has 2 rings (SSSR count). The maximum Gasteiger partial charge on any atom is 0.134 e. The van der Waals surface area contributed by atoms with Crippen LogP contribution in [0.25, 0.3) is 0 Å². The summed E-state index contributed by atoms with van der Waals surface area (Å²) in [6.07, 6.45) is 1.25. The van der Waals surface area contributed by atoms with Gasteiger partial charge in [-0.3, -0.25) is 4.68 Å². The lowest BCUT2D eigenvalue weighted by Gasteiger charge is -2.12. The van der Waals surface area contributed by atoms with E-state index in [1.165, 1.54) is 0 Å². The van der Waals surface area contributed by atoms with Crippen molar-refractivity contribution in [2.75, 3.05) is 0 Å². The summed E-state index contributed by atoms with van der Waals surface area (Å²) in [5.41, 5.74) is 1.53. The first-order chi connectivity index (χ1) is 8.16. The van der Waals surface area contributed by atoms with Crippen LogP contribution >= 0.6 is 0 Å². The molecule has 0 spiro atoms. The maximum atomic E-state index is 9.59. The van der Waals surface area contributed by atoms with Gasteiger partial charge in [-0.15, -0.1) is 5.10 Å². The number of rotatable bonds is 4. The molecule has 1 aromatic carbocycles. The first-order valence-corrected chi connectivity index (χ1v) is 5.42. The van der Waals surface area contributed by atoms with Gasteiger partial charge < -0.3 is 9.84 Å². The number of nitrogens with zero attached hydrogens (tertiary/aromatic N) is 3. The molecule has 0 aliphatic heterocycles. The first kappa shape index (κ1) is 11.6. The highest BCUT2D eigenvalue weighted by molar-refractivity contribution is 5.34. The van der Waals surface area contributed by atoms with Crippen LogP contribution in [0.2, 0.25) is 0 Å². The van der Waals surface area contributed by atoms with Crippen molar-refractivity contribution in [1.29, 1.82) is 0 Å². The summed E-state index contributed by atoms with van der Waals surface area (Å²) in [4.78, 5) is 0. The largest absolute Gasteiger partial charge is 0.487 e. The van der Waals surface area contributed by atoms with Crippen molar-refractivity contribution in [3.63, 3.8) is 0 Å². The Kier molecular flexibility index (Phi) is 3.39. The second kappa shape index (κ2) is 4.97. The maximum absolute atomic E-state index is 9.59. The topological polar surface area (TPSA) is 60.2 Å². The summed E-state index contributed by atoms with van der Waals surface area (Å²) in [7, 11) is 1.81. The molecule has 0 radical (unpaired) electrons. The smallest absolute Gasteiger partial charge is 0.134 e. The van der Waals surface area contributed by atoms with Crippen LogP contribution < -0.4 is 4.74 Å². The second-order valence-electron chi connectivity index (χ2n) is 3.89. The Morgan fingerprint density at radius 3 is 2.82 bits per heavy atom. The molecule has 90 valence electrons. The Morgan fingerprint density at radius 2 is 2.18 bits per heavy atom. The molecule has 0 fully saturated rings. The third-order valence-electron chi connectivity index (χ3n) is 2.39. The van der Waals surface area contributed by atoms with Crippen molar-refractivity contribution >= 4 is 0 Å². The molecule has 1 N–H and O–H groups in total. The number of para-hydroxylation sites is 1. The quantitative estimate of drug-likeness (QED) is 0.868. The van der Waals surface area contributed by atoms with Crippen molar-refractivity contribution < 1.29 is 9.84 Å². The lowest BCUT2D eigenvalue weighted by atomic mass is 10.1. The lowest BCUT2D eigenvalue weighted by Crippen LogP contribution is -2.01. The van der Waals surface area contributed by atoms with Crippen LogP contribution in [0, 0.1) is 0 Å². The van der Waals surface area contributed by atoms with Crippen LogP contribution in [-0.2, 0) is 13.7 Å². The van der Waals surface area contributed by atoms with E-state index in [1.807, 2.05) is 24.3 Å². The van der Waals surface area contributed by atoms with E-state index in [0.29, 0.717) is 12.4 Å². The van der Waals surface area contributed by atoms with Gasteiger partial charge in [0.1, 0.15) is 18.1 Å². The number of aliphatic hydroxyl groups excluding tert-OH is 1. The van der Waals surface area contributed by atoms with Crippen LogP contribution in [0.15, 0.2) is 30.5 Å². The third kappa shape index (κ3) is 2.82. The molecule has 1 aromatic heterocycles. The molecule has 5 nitrogen and oxygen atoms in total. The van der Waals surface area contributed by atoms with E-state index in [2.05, 4.69) is 10.3 Å². The SMILES string of the molecule is C[C@H](O)c1ccccc1OCc1cn(C)nn1. The Hall–Kier alpha value is -1.88. The molecule has 0 unspecified atom stereocenters. The van der Waals surface area contributed by atoms with E-state index >= 15 is 0 Å². The minimum atomic E-state index is -0.548.